The van der Waals surface area contributed by atoms with E-state index in [0.29, 0.717) is 12.1 Å². The van der Waals surface area contributed by atoms with E-state index in [1.165, 1.54) is 0 Å². The van der Waals surface area contributed by atoms with Crippen LogP contribution in [0.4, 0.5) is 4.79 Å². The standard InChI is InChI=1S/C17H27N3O2/c1-16(2,3)11-17(4,5)20-14(21)13-8-6-12(7-9-13)10-19-15(18)22/h6-9H,10-11H2,1-5H3,(H,20,21)(H3,18,19,22). The van der Waals surface area contributed by atoms with E-state index in [2.05, 4.69) is 31.4 Å². The van der Waals surface area contributed by atoms with Gasteiger partial charge in [0.05, 0.1) is 0 Å². The molecule has 0 fully saturated rings. The van der Waals surface area contributed by atoms with Gasteiger partial charge < -0.3 is 16.4 Å². The fourth-order valence-electron chi connectivity index (χ4n) is 2.71. The maximum absolute atomic E-state index is 12.3. The number of primary amides is 1. The van der Waals surface area contributed by atoms with Crippen molar-refractivity contribution < 1.29 is 9.59 Å². The van der Waals surface area contributed by atoms with E-state index in [0.717, 1.165) is 12.0 Å². The minimum Gasteiger partial charge on any atom is -0.352 e. The number of hydrogen-bond acceptors (Lipinski definition) is 2. The maximum atomic E-state index is 12.3. The summed E-state index contributed by atoms with van der Waals surface area (Å²) in [4.78, 5) is 23.0. The van der Waals surface area contributed by atoms with Crippen molar-refractivity contribution in [2.24, 2.45) is 11.1 Å². The number of urea groups is 1. The Balaban J connectivity index is 2.68. The molecule has 0 aliphatic rings. The topological polar surface area (TPSA) is 84.2 Å². The molecule has 22 heavy (non-hydrogen) atoms. The van der Waals surface area contributed by atoms with Gasteiger partial charge in [-0.05, 0) is 43.4 Å². The fraction of sp³-hybridized carbons (Fsp3) is 0.529. The fourth-order valence-corrected chi connectivity index (χ4v) is 2.71. The summed E-state index contributed by atoms with van der Waals surface area (Å²) < 4.78 is 0. The lowest BCUT2D eigenvalue weighted by molar-refractivity contribution is 0.0891. The van der Waals surface area contributed by atoms with Gasteiger partial charge in [0, 0.05) is 17.6 Å². The van der Waals surface area contributed by atoms with Crippen molar-refractivity contribution in [3.8, 4) is 0 Å². The number of amides is 3. The first-order valence-corrected chi connectivity index (χ1v) is 7.43. The van der Waals surface area contributed by atoms with Crippen molar-refractivity contribution in [3.05, 3.63) is 35.4 Å². The summed E-state index contributed by atoms with van der Waals surface area (Å²) in [6.45, 7) is 10.9. The Morgan fingerprint density at radius 3 is 2.05 bits per heavy atom. The number of benzene rings is 1. The molecule has 0 saturated heterocycles. The average molecular weight is 305 g/mol. The summed E-state index contributed by atoms with van der Waals surface area (Å²) in [5.41, 5.74) is 6.38. The summed E-state index contributed by atoms with van der Waals surface area (Å²) >= 11 is 0. The molecular weight excluding hydrogens is 278 g/mol. The predicted octanol–water partition coefficient (Wildman–Crippen LogP) is 2.80. The zero-order valence-electron chi connectivity index (χ0n) is 14.1. The van der Waals surface area contributed by atoms with E-state index < -0.39 is 6.03 Å². The van der Waals surface area contributed by atoms with Crippen LogP contribution in [0.5, 0.6) is 0 Å². The van der Waals surface area contributed by atoms with E-state index in [1.807, 2.05) is 26.0 Å². The third-order valence-corrected chi connectivity index (χ3v) is 3.11. The molecule has 0 heterocycles. The Hall–Kier alpha value is -2.04. The Morgan fingerprint density at radius 1 is 1.05 bits per heavy atom. The Morgan fingerprint density at radius 2 is 1.59 bits per heavy atom. The lowest BCUT2D eigenvalue weighted by Crippen LogP contribution is -2.45. The minimum atomic E-state index is -0.564. The first kappa shape index (κ1) is 18.0. The monoisotopic (exact) mass is 305 g/mol. The van der Waals surface area contributed by atoms with E-state index in [9.17, 15) is 9.59 Å². The number of carbonyl (C=O) groups excluding carboxylic acids is 2. The molecule has 0 aromatic heterocycles. The lowest BCUT2D eigenvalue weighted by Gasteiger charge is -2.33. The molecule has 1 rings (SSSR count). The molecule has 0 bridgehead atoms. The van der Waals surface area contributed by atoms with E-state index in [-0.39, 0.29) is 16.9 Å². The Kier molecular flexibility index (Phi) is 5.58. The third kappa shape index (κ3) is 6.61. The Labute approximate surface area is 132 Å². The van der Waals surface area contributed by atoms with Crippen molar-refractivity contribution in [2.75, 3.05) is 0 Å². The molecule has 1 aromatic rings. The van der Waals surface area contributed by atoms with Gasteiger partial charge in [-0.2, -0.15) is 0 Å². The van der Waals surface area contributed by atoms with Gasteiger partial charge in [-0.1, -0.05) is 32.9 Å². The number of carbonyl (C=O) groups is 2. The Bertz CT molecular complexity index is 528. The molecule has 4 N–H and O–H groups in total. The summed E-state index contributed by atoms with van der Waals surface area (Å²) in [5, 5.41) is 5.58. The highest BCUT2D eigenvalue weighted by molar-refractivity contribution is 5.94. The number of hydrogen-bond donors (Lipinski definition) is 3. The quantitative estimate of drug-likeness (QED) is 0.781. The molecular formula is C17H27N3O2. The smallest absolute Gasteiger partial charge is 0.312 e. The summed E-state index contributed by atoms with van der Waals surface area (Å²) in [5.74, 6) is -0.0938. The first-order valence-electron chi connectivity index (χ1n) is 7.43. The van der Waals surface area contributed by atoms with Gasteiger partial charge in [0.1, 0.15) is 0 Å². The van der Waals surface area contributed by atoms with Crippen LogP contribution in [0.3, 0.4) is 0 Å². The molecule has 3 amide bonds. The second-order valence-electron chi connectivity index (χ2n) is 7.49. The van der Waals surface area contributed by atoms with Crippen LogP contribution in [0.25, 0.3) is 0 Å². The van der Waals surface area contributed by atoms with Crippen LogP contribution >= 0.6 is 0 Å². The average Bonchev–Trinajstić information content (AvgIpc) is 2.33. The van der Waals surface area contributed by atoms with Crippen LogP contribution < -0.4 is 16.4 Å². The largest absolute Gasteiger partial charge is 0.352 e. The van der Waals surface area contributed by atoms with Crippen molar-refractivity contribution in [1.29, 1.82) is 0 Å². The van der Waals surface area contributed by atoms with E-state index in [1.54, 1.807) is 12.1 Å². The molecule has 0 radical (unpaired) electrons. The van der Waals surface area contributed by atoms with Gasteiger partial charge in [0.2, 0.25) is 0 Å². The van der Waals surface area contributed by atoms with Crippen molar-refractivity contribution in [3.63, 3.8) is 0 Å². The van der Waals surface area contributed by atoms with Crippen molar-refractivity contribution in [1.82, 2.24) is 10.6 Å². The maximum Gasteiger partial charge on any atom is 0.312 e. The van der Waals surface area contributed by atoms with Crippen LogP contribution in [0.2, 0.25) is 0 Å². The van der Waals surface area contributed by atoms with Crippen molar-refractivity contribution >= 4 is 11.9 Å². The molecule has 0 aliphatic carbocycles. The number of rotatable bonds is 5. The molecule has 122 valence electrons. The van der Waals surface area contributed by atoms with Crippen LogP contribution in [0.1, 0.15) is 57.0 Å². The van der Waals surface area contributed by atoms with Crippen LogP contribution in [-0.2, 0) is 6.54 Å². The first-order chi connectivity index (χ1) is 9.98. The van der Waals surface area contributed by atoms with Gasteiger partial charge >= 0.3 is 6.03 Å². The highest BCUT2D eigenvalue weighted by Crippen LogP contribution is 2.27. The molecule has 0 aliphatic heterocycles. The van der Waals surface area contributed by atoms with Crippen LogP contribution in [-0.4, -0.2) is 17.5 Å². The van der Waals surface area contributed by atoms with Gasteiger partial charge in [-0.15, -0.1) is 0 Å². The summed E-state index contributed by atoms with van der Waals surface area (Å²) in [6, 6.07) is 6.55. The number of nitrogens with one attached hydrogen (secondary N) is 2. The molecule has 5 heteroatoms. The third-order valence-electron chi connectivity index (χ3n) is 3.11. The van der Waals surface area contributed by atoms with Crippen molar-refractivity contribution in [2.45, 2.75) is 53.1 Å². The summed E-state index contributed by atoms with van der Waals surface area (Å²) in [7, 11) is 0. The molecule has 5 nitrogen and oxygen atoms in total. The second-order valence-corrected chi connectivity index (χ2v) is 7.49. The second kappa shape index (κ2) is 6.81. The summed E-state index contributed by atoms with van der Waals surface area (Å²) in [6.07, 6.45) is 0.881. The highest BCUT2D eigenvalue weighted by atomic mass is 16.2. The molecule has 0 unspecified atom stereocenters. The lowest BCUT2D eigenvalue weighted by atomic mass is 9.81. The SMILES string of the molecule is CC(C)(C)CC(C)(C)NC(=O)c1ccc(CNC(N)=O)cc1. The van der Waals surface area contributed by atoms with Crippen LogP contribution in [0, 0.1) is 5.41 Å². The normalized spacial score (nSPS) is 11.9. The molecule has 0 spiro atoms. The van der Waals surface area contributed by atoms with E-state index >= 15 is 0 Å². The highest BCUT2D eigenvalue weighted by Gasteiger charge is 2.27. The molecule has 1 aromatic carbocycles. The van der Waals surface area contributed by atoms with Crippen LogP contribution in [0.15, 0.2) is 24.3 Å². The molecule has 0 saturated carbocycles. The molecule has 0 atom stereocenters. The van der Waals surface area contributed by atoms with Gasteiger partial charge in [0.15, 0.2) is 0 Å². The van der Waals surface area contributed by atoms with Gasteiger partial charge in [-0.3, -0.25) is 4.79 Å². The minimum absolute atomic E-state index is 0.0938. The zero-order valence-corrected chi connectivity index (χ0v) is 14.1. The zero-order chi connectivity index (χ0) is 17.0. The van der Waals surface area contributed by atoms with Gasteiger partial charge in [-0.25, -0.2) is 4.79 Å². The number of nitrogens with two attached hydrogens (primary N) is 1. The van der Waals surface area contributed by atoms with E-state index in [4.69, 9.17) is 5.73 Å². The predicted molar refractivity (Wildman–Crippen MR) is 88.5 cm³/mol. The van der Waals surface area contributed by atoms with Gasteiger partial charge in [0.25, 0.3) is 5.91 Å².